The summed E-state index contributed by atoms with van der Waals surface area (Å²) in [6, 6.07) is 5.71. The van der Waals surface area contributed by atoms with Crippen LogP contribution in [-0.4, -0.2) is 29.1 Å². The minimum Gasteiger partial charge on any atom is -0.494 e. The first-order valence-electron chi connectivity index (χ1n) is 5.85. The van der Waals surface area contributed by atoms with E-state index >= 15 is 0 Å². The summed E-state index contributed by atoms with van der Waals surface area (Å²) >= 11 is 5.77. The van der Waals surface area contributed by atoms with Crippen LogP contribution in [0.25, 0.3) is 0 Å². The van der Waals surface area contributed by atoms with Crippen LogP contribution in [0, 0.1) is 0 Å². The first kappa shape index (κ1) is 14.8. The Hall–Kier alpha value is -2.60. The summed E-state index contributed by atoms with van der Waals surface area (Å²) in [5, 5.41) is 11.7. The van der Waals surface area contributed by atoms with E-state index in [0.29, 0.717) is 17.0 Å². The first-order valence-corrected chi connectivity index (χ1v) is 6.23. The first-order chi connectivity index (χ1) is 10.0. The van der Waals surface area contributed by atoms with Crippen LogP contribution in [0.15, 0.2) is 36.7 Å². The van der Waals surface area contributed by atoms with Crippen molar-refractivity contribution in [1.29, 1.82) is 0 Å². The molecule has 108 valence electrons. The second-order valence-electron chi connectivity index (χ2n) is 4.03. The van der Waals surface area contributed by atoms with Crippen LogP contribution in [-0.2, 0) is 0 Å². The van der Waals surface area contributed by atoms with Crippen LogP contribution in [0.3, 0.4) is 0 Å². The van der Waals surface area contributed by atoms with E-state index in [4.69, 9.17) is 21.4 Å². The van der Waals surface area contributed by atoms with Crippen molar-refractivity contribution in [3.8, 4) is 5.75 Å². The molecule has 0 bridgehead atoms. The number of hydrogen-bond acceptors (Lipinski definition) is 4. The van der Waals surface area contributed by atoms with E-state index < -0.39 is 11.9 Å². The fourth-order valence-corrected chi connectivity index (χ4v) is 1.89. The number of methoxy groups -OCH3 is 1. The molecule has 0 atom stereocenters. The fraction of sp³-hybridized carbons (Fsp3) is 0.0714. The minimum atomic E-state index is -1.17. The van der Waals surface area contributed by atoms with Gasteiger partial charge in [-0.25, -0.2) is 4.79 Å². The SMILES string of the molecule is COc1cnccc1C(=O)Nc1ccc(Cl)c(C(=O)O)c1. The predicted molar refractivity (Wildman–Crippen MR) is 77.2 cm³/mol. The lowest BCUT2D eigenvalue weighted by atomic mass is 10.2. The van der Waals surface area contributed by atoms with Crippen LogP contribution in [0.4, 0.5) is 5.69 Å². The maximum atomic E-state index is 12.2. The minimum absolute atomic E-state index is 0.0869. The molecular weight excluding hydrogens is 296 g/mol. The third-order valence-corrected chi connectivity index (χ3v) is 3.03. The number of carbonyl (C=O) groups excluding carboxylic acids is 1. The summed E-state index contributed by atoms with van der Waals surface area (Å²) in [5.74, 6) is -1.28. The smallest absolute Gasteiger partial charge is 0.337 e. The van der Waals surface area contributed by atoms with E-state index in [-0.39, 0.29) is 10.6 Å². The molecular formula is C14H11ClN2O4. The Kier molecular flexibility index (Phi) is 4.39. The molecule has 0 aliphatic carbocycles. The number of nitrogens with zero attached hydrogens (tertiary/aromatic N) is 1. The van der Waals surface area contributed by atoms with Crippen molar-refractivity contribution in [2.24, 2.45) is 0 Å². The van der Waals surface area contributed by atoms with Gasteiger partial charge in [-0.15, -0.1) is 0 Å². The van der Waals surface area contributed by atoms with Gasteiger partial charge in [0, 0.05) is 11.9 Å². The van der Waals surface area contributed by atoms with E-state index in [0.717, 1.165) is 0 Å². The molecule has 6 nitrogen and oxygen atoms in total. The summed E-state index contributed by atoms with van der Waals surface area (Å²) in [7, 11) is 1.43. The molecule has 0 saturated carbocycles. The molecule has 0 unspecified atom stereocenters. The number of aromatic nitrogens is 1. The number of pyridine rings is 1. The summed E-state index contributed by atoms with van der Waals surface area (Å²) in [6.45, 7) is 0. The third kappa shape index (κ3) is 3.29. The van der Waals surface area contributed by atoms with Crippen molar-refractivity contribution < 1.29 is 19.4 Å². The molecule has 0 saturated heterocycles. The van der Waals surface area contributed by atoms with Gasteiger partial charge < -0.3 is 15.2 Å². The maximum absolute atomic E-state index is 12.2. The number of carboxylic acid groups (broad SMARTS) is 1. The molecule has 2 aromatic rings. The summed E-state index contributed by atoms with van der Waals surface area (Å²) < 4.78 is 5.05. The van der Waals surface area contributed by atoms with Crippen molar-refractivity contribution in [2.45, 2.75) is 0 Å². The lowest BCUT2D eigenvalue weighted by Crippen LogP contribution is -2.14. The standard InChI is InChI=1S/C14H11ClN2O4/c1-21-12-7-16-5-4-9(12)13(18)17-8-2-3-11(15)10(6-8)14(19)20/h2-7H,1H3,(H,17,18)(H,19,20). The van der Waals surface area contributed by atoms with Crippen molar-refractivity contribution in [2.75, 3.05) is 12.4 Å². The van der Waals surface area contributed by atoms with Crippen LogP contribution in [0.1, 0.15) is 20.7 Å². The average Bonchev–Trinajstić information content (AvgIpc) is 2.48. The van der Waals surface area contributed by atoms with Gasteiger partial charge in [-0.2, -0.15) is 0 Å². The monoisotopic (exact) mass is 306 g/mol. The number of anilines is 1. The Labute approximate surface area is 125 Å². The fourth-order valence-electron chi connectivity index (χ4n) is 1.70. The molecule has 1 aromatic heterocycles. The quantitative estimate of drug-likeness (QED) is 0.906. The average molecular weight is 307 g/mol. The van der Waals surface area contributed by atoms with Gasteiger partial charge in [0.15, 0.2) is 0 Å². The highest BCUT2D eigenvalue weighted by molar-refractivity contribution is 6.33. The molecule has 7 heteroatoms. The summed E-state index contributed by atoms with van der Waals surface area (Å²) in [5.41, 5.74) is 0.524. The highest BCUT2D eigenvalue weighted by atomic mass is 35.5. The number of benzene rings is 1. The molecule has 1 amide bonds. The Balaban J connectivity index is 2.28. The Morgan fingerprint density at radius 3 is 2.71 bits per heavy atom. The number of amides is 1. The molecule has 1 aromatic carbocycles. The second kappa shape index (κ2) is 6.23. The second-order valence-corrected chi connectivity index (χ2v) is 4.44. The number of hydrogen-bond donors (Lipinski definition) is 2. The Morgan fingerprint density at radius 1 is 1.29 bits per heavy atom. The van der Waals surface area contributed by atoms with Gasteiger partial charge >= 0.3 is 5.97 Å². The van der Waals surface area contributed by atoms with E-state index in [1.165, 1.54) is 43.8 Å². The van der Waals surface area contributed by atoms with Crippen LogP contribution in [0.2, 0.25) is 5.02 Å². The van der Waals surface area contributed by atoms with Gasteiger partial charge in [-0.3, -0.25) is 9.78 Å². The number of carbonyl (C=O) groups is 2. The normalized spacial score (nSPS) is 10.0. The molecule has 1 heterocycles. The number of nitrogens with one attached hydrogen (secondary N) is 1. The lowest BCUT2D eigenvalue weighted by Gasteiger charge is -2.09. The van der Waals surface area contributed by atoms with Gasteiger partial charge in [0.25, 0.3) is 5.91 Å². The molecule has 0 spiro atoms. The third-order valence-electron chi connectivity index (χ3n) is 2.70. The topological polar surface area (TPSA) is 88.5 Å². The van der Waals surface area contributed by atoms with E-state index in [2.05, 4.69) is 10.3 Å². The number of rotatable bonds is 4. The van der Waals surface area contributed by atoms with Crippen molar-refractivity contribution in [3.63, 3.8) is 0 Å². The van der Waals surface area contributed by atoms with E-state index in [9.17, 15) is 9.59 Å². The molecule has 2 rings (SSSR count). The Bertz CT molecular complexity index is 703. The lowest BCUT2D eigenvalue weighted by molar-refractivity contribution is 0.0696. The van der Waals surface area contributed by atoms with Gasteiger partial charge in [-0.1, -0.05) is 11.6 Å². The van der Waals surface area contributed by atoms with E-state index in [1.807, 2.05) is 0 Å². The van der Waals surface area contributed by atoms with Crippen molar-refractivity contribution >= 4 is 29.2 Å². The molecule has 21 heavy (non-hydrogen) atoms. The number of halogens is 1. The maximum Gasteiger partial charge on any atom is 0.337 e. The summed E-state index contributed by atoms with van der Waals surface area (Å²) in [4.78, 5) is 27.0. The summed E-state index contributed by atoms with van der Waals surface area (Å²) in [6.07, 6.45) is 2.88. The largest absolute Gasteiger partial charge is 0.494 e. The van der Waals surface area contributed by atoms with Gasteiger partial charge in [0.05, 0.1) is 29.5 Å². The van der Waals surface area contributed by atoms with Crippen molar-refractivity contribution in [1.82, 2.24) is 4.98 Å². The Morgan fingerprint density at radius 2 is 2.05 bits per heavy atom. The predicted octanol–water partition coefficient (Wildman–Crippen LogP) is 2.69. The molecule has 0 fully saturated rings. The van der Waals surface area contributed by atoms with Crippen LogP contribution in [0.5, 0.6) is 5.75 Å². The molecule has 0 aliphatic heterocycles. The number of ether oxygens (including phenoxy) is 1. The van der Waals surface area contributed by atoms with Crippen LogP contribution >= 0.6 is 11.6 Å². The van der Waals surface area contributed by atoms with Crippen LogP contribution < -0.4 is 10.1 Å². The number of aromatic carboxylic acids is 1. The van der Waals surface area contributed by atoms with Gasteiger partial charge in [0.1, 0.15) is 5.75 Å². The molecule has 0 aliphatic rings. The zero-order valence-corrected chi connectivity index (χ0v) is 11.7. The highest BCUT2D eigenvalue weighted by Crippen LogP contribution is 2.22. The highest BCUT2D eigenvalue weighted by Gasteiger charge is 2.14. The van der Waals surface area contributed by atoms with E-state index in [1.54, 1.807) is 0 Å². The zero-order valence-electron chi connectivity index (χ0n) is 11.0. The number of carboxylic acids is 1. The van der Waals surface area contributed by atoms with Gasteiger partial charge in [0.2, 0.25) is 0 Å². The van der Waals surface area contributed by atoms with Gasteiger partial charge in [-0.05, 0) is 24.3 Å². The van der Waals surface area contributed by atoms with Crippen molar-refractivity contribution in [3.05, 3.63) is 52.8 Å². The molecule has 2 N–H and O–H groups in total. The zero-order chi connectivity index (χ0) is 15.4. The molecule has 0 radical (unpaired) electrons.